The van der Waals surface area contributed by atoms with E-state index in [-0.39, 0.29) is 0 Å². The van der Waals surface area contributed by atoms with Gasteiger partial charge in [0, 0.05) is 6.07 Å². The van der Waals surface area contributed by atoms with Gasteiger partial charge in [-0.25, -0.2) is 9.97 Å². The molecule has 0 fully saturated rings. The van der Waals surface area contributed by atoms with Crippen molar-refractivity contribution in [1.29, 1.82) is 0 Å². The molecule has 0 spiro atoms. The molecule has 0 atom stereocenters. The predicted molar refractivity (Wildman–Crippen MR) is 56.0 cm³/mol. The van der Waals surface area contributed by atoms with Gasteiger partial charge in [0.05, 0.1) is 5.69 Å². The average Bonchev–Trinajstić information content (AvgIpc) is 2.83. The van der Waals surface area contributed by atoms with E-state index in [0.29, 0.717) is 22.4 Å². The molecule has 0 aromatic carbocycles. The van der Waals surface area contributed by atoms with E-state index in [4.69, 9.17) is 16.0 Å². The second-order valence-corrected chi connectivity index (χ2v) is 3.62. The zero-order valence-electron chi connectivity index (χ0n) is 8.25. The van der Waals surface area contributed by atoms with Crippen LogP contribution in [0.5, 0.6) is 0 Å². The van der Waals surface area contributed by atoms with E-state index in [9.17, 15) is 0 Å². The summed E-state index contributed by atoms with van der Waals surface area (Å²) in [6.45, 7) is 1.84. The molecule has 0 aliphatic rings. The lowest BCUT2D eigenvalue weighted by Crippen LogP contribution is -1.91. The van der Waals surface area contributed by atoms with Gasteiger partial charge in [0.25, 0.3) is 0 Å². The molecule has 3 heterocycles. The van der Waals surface area contributed by atoms with E-state index in [1.807, 2.05) is 6.92 Å². The minimum atomic E-state index is 0.376. The first-order valence-corrected chi connectivity index (χ1v) is 4.90. The third-order valence-electron chi connectivity index (χ3n) is 2.22. The first kappa shape index (κ1) is 9.29. The lowest BCUT2D eigenvalue weighted by Gasteiger charge is -1.96. The van der Waals surface area contributed by atoms with Gasteiger partial charge in [-0.05, 0) is 6.92 Å². The highest BCUT2D eigenvalue weighted by Crippen LogP contribution is 2.21. The highest BCUT2D eigenvalue weighted by atomic mass is 35.5. The fourth-order valence-electron chi connectivity index (χ4n) is 1.44. The third kappa shape index (κ3) is 1.27. The van der Waals surface area contributed by atoms with Gasteiger partial charge in [-0.15, -0.1) is 10.2 Å². The van der Waals surface area contributed by atoms with E-state index in [0.717, 1.165) is 5.69 Å². The van der Waals surface area contributed by atoms with Crippen LogP contribution in [-0.2, 0) is 0 Å². The Balaban J connectivity index is 2.30. The Bertz CT molecular complexity index is 659. The Morgan fingerprint density at radius 2 is 2.19 bits per heavy atom. The van der Waals surface area contributed by atoms with Crippen LogP contribution < -0.4 is 0 Å². The monoisotopic (exact) mass is 235 g/mol. The van der Waals surface area contributed by atoms with E-state index in [1.54, 1.807) is 16.8 Å². The topological polar surface area (TPSA) is 69.1 Å². The molecule has 7 heteroatoms. The number of hydrogen-bond acceptors (Lipinski definition) is 5. The molecule has 0 bridgehead atoms. The fraction of sp³-hybridized carbons (Fsp3) is 0.111. The molecule has 0 unspecified atom stereocenters. The molecule has 80 valence electrons. The van der Waals surface area contributed by atoms with Crippen LogP contribution >= 0.6 is 11.6 Å². The number of nitrogens with zero attached hydrogens (tertiary/aromatic N) is 5. The van der Waals surface area contributed by atoms with Crippen molar-refractivity contribution in [1.82, 2.24) is 24.6 Å². The number of aryl methyl sites for hydroxylation is 1. The van der Waals surface area contributed by atoms with Crippen LogP contribution in [0.4, 0.5) is 0 Å². The van der Waals surface area contributed by atoms with Crippen molar-refractivity contribution in [2.45, 2.75) is 6.92 Å². The normalized spacial score (nSPS) is 11.1. The Labute approximate surface area is 94.9 Å². The molecule has 3 aromatic heterocycles. The molecule has 16 heavy (non-hydrogen) atoms. The lowest BCUT2D eigenvalue weighted by atomic mass is 10.3. The maximum atomic E-state index is 5.76. The summed E-state index contributed by atoms with van der Waals surface area (Å²) in [5.41, 5.74) is 1.37. The van der Waals surface area contributed by atoms with Crippen molar-refractivity contribution < 1.29 is 4.42 Å². The summed E-state index contributed by atoms with van der Waals surface area (Å²) >= 11 is 5.76. The van der Waals surface area contributed by atoms with Gasteiger partial charge >= 0.3 is 0 Å². The van der Waals surface area contributed by atoms with Gasteiger partial charge in [-0.2, -0.15) is 0 Å². The van der Waals surface area contributed by atoms with Crippen molar-refractivity contribution in [3.8, 4) is 11.6 Å². The van der Waals surface area contributed by atoms with Gasteiger partial charge < -0.3 is 4.42 Å². The third-order valence-corrected chi connectivity index (χ3v) is 2.42. The number of aromatic nitrogens is 5. The minimum Gasteiger partial charge on any atom is -0.440 e. The zero-order valence-corrected chi connectivity index (χ0v) is 9.01. The van der Waals surface area contributed by atoms with Crippen LogP contribution in [0.25, 0.3) is 17.2 Å². The Morgan fingerprint density at radius 3 is 2.94 bits per heavy atom. The second kappa shape index (κ2) is 3.28. The molecule has 3 rings (SSSR count). The molecular weight excluding hydrogens is 230 g/mol. The molecule has 0 amide bonds. The standard InChI is InChI=1S/C9H6ClN5O/c1-5-8(16-4-12-5)9-14-13-7-2-6(10)11-3-15(7)9/h2-4H,1H3. The van der Waals surface area contributed by atoms with Gasteiger partial charge in [0.15, 0.2) is 17.8 Å². The largest absolute Gasteiger partial charge is 0.440 e. The summed E-state index contributed by atoms with van der Waals surface area (Å²) in [5.74, 6) is 1.14. The van der Waals surface area contributed by atoms with Gasteiger partial charge in [-0.3, -0.25) is 4.40 Å². The Kier molecular flexibility index (Phi) is 1.90. The summed E-state index contributed by atoms with van der Waals surface area (Å²) in [6.07, 6.45) is 2.92. The van der Waals surface area contributed by atoms with Crippen LogP contribution in [0.3, 0.4) is 0 Å². The van der Waals surface area contributed by atoms with Gasteiger partial charge in [-0.1, -0.05) is 11.6 Å². The highest BCUT2D eigenvalue weighted by Gasteiger charge is 2.14. The highest BCUT2D eigenvalue weighted by molar-refractivity contribution is 6.29. The molecule has 0 radical (unpaired) electrons. The zero-order chi connectivity index (χ0) is 11.1. The first-order valence-electron chi connectivity index (χ1n) is 4.52. The lowest BCUT2D eigenvalue weighted by molar-refractivity contribution is 0.565. The number of halogens is 1. The molecule has 0 aliphatic carbocycles. The molecule has 0 aliphatic heterocycles. The fourth-order valence-corrected chi connectivity index (χ4v) is 1.58. The average molecular weight is 236 g/mol. The van der Waals surface area contributed by atoms with Crippen LogP contribution in [0.2, 0.25) is 5.15 Å². The van der Waals surface area contributed by atoms with E-state index < -0.39 is 0 Å². The maximum absolute atomic E-state index is 5.76. The van der Waals surface area contributed by atoms with Crippen molar-refractivity contribution in [2.75, 3.05) is 0 Å². The molecule has 6 nitrogen and oxygen atoms in total. The van der Waals surface area contributed by atoms with E-state index in [2.05, 4.69) is 20.2 Å². The Morgan fingerprint density at radius 1 is 1.31 bits per heavy atom. The van der Waals surface area contributed by atoms with Gasteiger partial charge in [0.1, 0.15) is 11.5 Å². The molecule has 3 aromatic rings. The van der Waals surface area contributed by atoms with Crippen molar-refractivity contribution in [3.63, 3.8) is 0 Å². The van der Waals surface area contributed by atoms with Crippen LogP contribution in [0.1, 0.15) is 5.69 Å². The SMILES string of the molecule is Cc1ncoc1-c1nnc2cc(Cl)ncn12. The van der Waals surface area contributed by atoms with Crippen molar-refractivity contribution in [3.05, 3.63) is 29.6 Å². The summed E-state index contributed by atoms with van der Waals surface area (Å²) in [4.78, 5) is 7.97. The molecular formula is C9H6ClN5O. The molecule has 0 saturated carbocycles. The van der Waals surface area contributed by atoms with Crippen LogP contribution in [0, 0.1) is 6.92 Å². The number of fused-ring (bicyclic) bond motifs is 1. The summed E-state index contributed by atoms with van der Waals surface area (Å²) in [7, 11) is 0. The second-order valence-electron chi connectivity index (χ2n) is 3.23. The minimum absolute atomic E-state index is 0.376. The number of rotatable bonds is 1. The van der Waals surface area contributed by atoms with Crippen molar-refractivity contribution in [2.24, 2.45) is 0 Å². The number of oxazole rings is 1. The van der Waals surface area contributed by atoms with E-state index in [1.165, 1.54) is 6.39 Å². The summed E-state index contributed by atoms with van der Waals surface area (Å²) in [6, 6.07) is 1.63. The summed E-state index contributed by atoms with van der Waals surface area (Å²) in [5, 5.41) is 8.37. The van der Waals surface area contributed by atoms with E-state index >= 15 is 0 Å². The molecule has 0 N–H and O–H groups in total. The van der Waals surface area contributed by atoms with Gasteiger partial charge in [0.2, 0.25) is 5.82 Å². The molecule has 0 saturated heterocycles. The smallest absolute Gasteiger partial charge is 0.207 e. The van der Waals surface area contributed by atoms with Crippen LogP contribution in [-0.4, -0.2) is 24.6 Å². The maximum Gasteiger partial charge on any atom is 0.207 e. The predicted octanol–water partition coefficient (Wildman–Crippen LogP) is 1.74. The van der Waals surface area contributed by atoms with Crippen LogP contribution in [0.15, 0.2) is 23.2 Å². The first-order chi connectivity index (χ1) is 7.75. The summed E-state index contributed by atoms with van der Waals surface area (Å²) < 4.78 is 6.95. The van der Waals surface area contributed by atoms with Crippen molar-refractivity contribution >= 4 is 17.2 Å². The number of hydrogen-bond donors (Lipinski definition) is 0. The Hall–Kier alpha value is -1.95. The quantitative estimate of drug-likeness (QED) is 0.601.